The van der Waals surface area contributed by atoms with Crippen molar-refractivity contribution >= 4 is 51.7 Å². The number of thioether (sulfide) groups is 1. The van der Waals surface area contributed by atoms with Gasteiger partial charge in [0.2, 0.25) is 11.8 Å². The number of nitrogens with one attached hydrogen (secondary N) is 3. The number of fused-ring (bicyclic) bond motifs is 1. The highest BCUT2D eigenvalue weighted by Crippen LogP contribution is 2.31. The molecule has 12 heteroatoms. The van der Waals surface area contributed by atoms with Gasteiger partial charge in [-0.05, 0) is 30.3 Å². The lowest BCUT2D eigenvalue weighted by atomic mass is 10.0. The zero-order valence-corrected chi connectivity index (χ0v) is 18.3. The Bertz CT molecular complexity index is 1100. The van der Waals surface area contributed by atoms with Crippen LogP contribution in [0, 0.1) is 17.6 Å². The van der Waals surface area contributed by atoms with Crippen LogP contribution in [-0.4, -0.2) is 42.6 Å². The normalized spacial score (nSPS) is 20.1. The van der Waals surface area contributed by atoms with Crippen LogP contribution in [0.5, 0.6) is 5.75 Å². The van der Waals surface area contributed by atoms with E-state index in [0.29, 0.717) is 23.0 Å². The number of hydrogen-bond donors (Lipinski definition) is 3. The quantitative estimate of drug-likeness (QED) is 0.608. The number of hydrogen-bond acceptors (Lipinski definition) is 7. The number of carbonyl (C=O) groups is 2. The summed E-state index contributed by atoms with van der Waals surface area (Å²) in [6, 6.07) is 7.97. The third-order valence-corrected chi connectivity index (χ3v) is 6.05. The molecule has 2 aliphatic heterocycles. The summed E-state index contributed by atoms with van der Waals surface area (Å²) in [5.74, 6) is -3.03. The van der Waals surface area contributed by atoms with Crippen molar-refractivity contribution in [1.29, 1.82) is 0 Å². The molecule has 0 saturated carbocycles. The van der Waals surface area contributed by atoms with Crippen molar-refractivity contribution in [2.75, 3.05) is 29.6 Å². The minimum absolute atomic E-state index is 0.104. The van der Waals surface area contributed by atoms with Gasteiger partial charge >= 0.3 is 0 Å². The molecule has 4 rings (SSSR count). The Morgan fingerprint density at radius 1 is 1.31 bits per heavy atom. The van der Waals surface area contributed by atoms with Crippen LogP contribution in [0.4, 0.5) is 20.2 Å². The molecular weight excluding hydrogens is 464 g/mol. The summed E-state index contributed by atoms with van der Waals surface area (Å²) in [5, 5.41) is 3.31. The van der Waals surface area contributed by atoms with Gasteiger partial charge in [0.25, 0.3) is 0 Å². The van der Waals surface area contributed by atoms with Crippen LogP contribution in [0.15, 0.2) is 41.4 Å². The molecule has 0 aromatic heterocycles. The molecule has 168 valence electrons. The van der Waals surface area contributed by atoms with E-state index in [9.17, 15) is 18.4 Å². The van der Waals surface area contributed by atoms with E-state index in [4.69, 9.17) is 16.3 Å². The van der Waals surface area contributed by atoms with Gasteiger partial charge in [0.05, 0.1) is 30.2 Å². The first-order valence-corrected chi connectivity index (χ1v) is 10.8. The Kier molecular flexibility index (Phi) is 6.60. The third kappa shape index (κ3) is 4.56. The first kappa shape index (κ1) is 22.5. The molecule has 1 saturated heterocycles. The summed E-state index contributed by atoms with van der Waals surface area (Å²) in [6.07, 6.45) is -0.525. The number of halogens is 3. The molecule has 2 aliphatic rings. The van der Waals surface area contributed by atoms with Gasteiger partial charge in [-0.25, -0.2) is 19.2 Å². The van der Waals surface area contributed by atoms with Crippen molar-refractivity contribution in [3.05, 3.63) is 53.1 Å². The molecule has 1 fully saturated rings. The minimum atomic E-state index is -1.09. The van der Waals surface area contributed by atoms with Gasteiger partial charge in [0.1, 0.15) is 11.9 Å². The van der Waals surface area contributed by atoms with Gasteiger partial charge in [0, 0.05) is 17.6 Å². The zero-order valence-electron chi connectivity index (χ0n) is 16.7. The summed E-state index contributed by atoms with van der Waals surface area (Å²) in [6.45, 7) is 0.334. The molecule has 2 unspecified atom stereocenters. The average molecular weight is 482 g/mol. The summed E-state index contributed by atoms with van der Waals surface area (Å²) < 4.78 is 32.5. The molecular formula is C20H18ClF2N5O3S. The van der Waals surface area contributed by atoms with E-state index < -0.39 is 29.6 Å². The fourth-order valence-electron chi connectivity index (χ4n) is 3.32. The van der Waals surface area contributed by atoms with Crippen LogP contribution in [0.1, 0.15) is 0 Å². The van der Waals surface area contributed by atoms with Gasteiger partial charge < -0.3 is 10.1 Å². The maximum absolute atomic E-state index is 13.8. The van der Waals surface area contributed by atoms with Crippen LogP contribution < -0.4 is 25.8 Å². The van der Waals surface area contributed by atoms with Gasteiger partial charge in [-0.2, -0.15) is 0 Å². The van der Waals surface area contributed by atoms with Crippen LogP contribution in [0.25, 0.3) is 0 Å². The summed E-state index contributed by atoms with van der Waals surface area (Å²) in [7, 11) is 1.47. The summed E-state index contributed by atoms with van der Waals surface area (Å²) in [5.41, 5.74) is 6.29. The van der Waals surface area contributed by atoms with Crippen LogP contribution in [-0.2, 0) is 9.59 Å². The second kappa shape index (κ2) is 9.41. The lowest BCUT2D eigenvalue weighted by molar-refractivity contribution is -0.121. The Hall–Kier alpha value is -2.73. The zero-order chi connectivity index (χ0) is 22.8. The monoisotopic (exact) mass is 481 g/mol. The van der Waals surface area contributed by atoms with Gasteiger partial charge in [-0.1, -0.05) is 23.4 Å². The topological polar surface area (TPSA) is 95.1 Å². The number of methoxy groups -OCH3 is 1. The molecule has 0 aliphatic carbocycles. The Morgan fingerprint density at radius 3 is 2.88 bits per heavy atom. The third-order valence-electron chi connectivity index (χ3n) is 4.86. The lowest BCUT2D eigenvalue weighted by Gasteiger charge is -2.32. The number of amides is 2. The minimum Gasteiger partial charge on any atom is -0.495 e. The number of hydrazine groups is 1. The Morgan fingerprint density at radius 2 is 2.12 bits per heavy atom. The number of carbonyl (C=O) groups excluding carboxylic acids is 2. The fourth-order valence-corrected chi connectivity index (χ4v) is 4.34. The second-order valence-corrected chi connectivity index (χ2v) is 8.32. The summed E-state index contributed by atoms with van der Waals surface area (Å²) in [4.78, 5) is 31.3. The van der Waals surface area contributed by atoms with Crippen molar-refractivity contribution in [2.24, 2.45) is 10.9 Å². The van der Waals surface area contributed by atoms with Gasteiger partial charge in [-0.3, -0.25) is 19.9 Å². The molecule has 2 amide bonds. The van der Waals surface area contributed by atoms with E-state index in [1.807, 2.05) is 0 Å². The molecule has 2 heterocycles. The van der Waals surface area contributed by atoms with Gasteiger partial charge in [0.15, 0.2) is 16.8 Å². The number of aliphatic imine (C=N–C) groups is 1. The van der Waals surface area contributed by atoms with Crippen LogP contribution in [0.2, 0.25) is 5.02 Å². The fraction of sp³-hybridized carbons (Fsp3) is 0.250. The van der Waals surface area contributed by atoms with E-state index >= 15 is 0 Å². The van der Waals surface area contributed by atoms with E-state index in [2.05, 4.69) is 21.2 Å². The first-order chi connectivity index (χ1) is 15.4. The van der Waals surface area contributed by atoms with Crippen molar-refractivity contribution in [2.45, 2.75) is 6.17 Å². The van der Waals surface area contributed by atoms with E-state index in [0.717, 1.165) is 23.9 Å². The Labute approximate surface area is 191 Å². The summed E-state index contributed by atoms with van der Waals surface area (Å²) >= 11 is 6.98. The molecule has 32 heavy (non-hydrogen) atoms. The average Bonchev–Trinajstić information content (AvgIpc) is 3.24. The first-order valence-electron chi connectivity index (χ1n) is 9.49. The number of benzene rings is 2. The van der Waals surface area contributed by atoms with Crippen LogP contribution in [0.3, 0.4) is 0 Å². The SMILES string of the molecule is COc1ccc(Cl)cc1NC(=O)CSC1=NC2NNCC2C(=O)N1c1ccc(F)c(F)c1. The highest BCUT2D eigenvalue weighted by Gasteiger charge is 2.42. The number of rotatable bonds is 5. The number of anilines is 2. The molecule has 2 aromatic carbocycles. The van der Waals surface area contributed by atoms with Crippen LogP contribution >= 0.6 is 23.4 Å². The Balaban J connectivity index is 1.54. The molecule has 3 N–H and O–H groups in total. The van der Waals surface area contributed by atoms with E-state index in [-0.39, 0.29) is 22.5 Å². The number of ether oxygens (including phenoxy) is 1. The van der Waals surface area contributed by atoms with Crippen molar-refractivity contribution in [3.8, 4) is 5.75 Å². The van der Waals surface area contributed by atoms with Crippen molar-refractivity contribution < 1.29 is 23.1 Å². The molecule has 0 spiro atoms. The predicted octanol–water partition coefficient (Wildman–Crippen LogP) is 2.75. The molecule has 2 atom stereocenters. The standard InChI is InChI=1S/C20H18ClF2N5O3S/c1-31-16-5-2-10(21)6-15(16)25-17(29)9-32-20-26-18-12(8-24-27-18)19(30)28(20)11-3-4-13(22)14(23)7-11/h2-7,12,18,24,27H,8-9H2,1H3,(H,25,29). The number of amidine groups is 1. The van der Waals surface area contributed by atoms with Gasteiger partial charge in [-0.15, -0.1) is 0 Å². The molecule has 8 nitrogen and oxygen atoms in total. The largest absolute Gasteiger partial charge is 0.495 e. The van der Waals surface area contributed by atoms with E-state index in [1.165, 1.54) is 18.1 Å². The van der Waals surface area contributed by atoms with Crippen molar-refractivity contribution in [1.82, 2.24) is 10.9 Å². The highest BCUT2D eigenvalue weighted by atomic mass is 35.5. The van der Waals surface area contributed by atoms with E-state index in [1.54, 1.807) is 18.2 Å². The maximum atomic E-state index is 13.8. The molecule has 2 aromatic rings. The lowest BCUT2D eigenvalue weighted by Crippen LogP contribution is -2.49. The second-order valence-electron chi connectivity index (χ2n) is 6.94. The highest BCUT2D eigenvalue weighted by molar-refractivity contribution is 8.14. The van der Waals surface area contributed by atoms with Crippen molar-refractivity contribution in [3.63, 3.8) is 0 Å². The maximum Gasteiger partial charge on any atom is 0.241 e. The molecule has 0 radical (unpaired) electrons. The number of nitrogens with zero attached hydrogens (tertiary/aromatic N) is 2. The molecule has 0 bridgehead atoms. The predicted molar refractivity (Wildman–Crippen MR) is 119 cm³/mol. The smallest absolute Gasteiger partial charge is 0.241 e.